The predicted molar refractivity (Wildman–Crippen MR) is 87.5 cm³/mol. The monoisotopic (exact) mass is 347 g/mol. The molecule has 1 N–H and O–H groups in total. The maximum Gasteiger partial charge on any atom is 0.124 e. The quantitative estimate of drug-likeness (QED) is 0.653. The molecule has 0 aliphatic heterocycles. The summed E-state index contributed by atoms with van der Waals surface area (Å²) < 4.78 is 14.0. The molecule has 108 valence electrons. The summed E-state index contributed by atoms with van der Waals surface area (Å²) in [6.45, 7) is 5.42. The minimum atomic E-state index is -0.186. The molecule has 0 spiro atoms. The van der Waals surface area contributed by atoms with E-state index in [9.17, 15) is 4.39 Å². The van der Waals surface area contributed by atoms with Gasteiger partial charge in [-0.05, 0) is 49.3 Å². The molecule has 0 amide bonds. The number of halogens is 2. The van der Waals surface area contributed by atoms with Crippen LogP contribution in [0.3, 0.4) is 0 Å². The summed E-state index contributed by atoms with van der Waals surface area (Å²) in [5.74, 6) is 2.13. The fraction of sp³-hybridized carbons (Fsp3) is 0.600. The van der Waals surface area contributed by atoms with Crippen LogP contribution in [0.25, 0.3) is 0 Å². The van der Waals surface area contributed by atoms with Crippen molar-refractivity contribution in [3.05, 3.63) is 34.1 Å². The molecule has 0 fully saturated rings. The molecule has 0 heterocycles. The van der Waals surface area contributed by atoms with Crippen molar-refractivity contribution in [2.75, 3.05) is 18.1 Å². The molecule has 0 bridgehead atoms. The lowest BCUT2D eigenvalue weighted by atomic mass is 10.1. The van der Waals surface area contributed by atoms with Gasteiger partial charge in [0, 0.05) is 16.3 Å². The highest BCUT2D eigenvalue weighted by atomic mass is 79.9. The topological polar surface area (TPSA) is 12.0 Å². The summed E-state index contributed by atoms with van der Waals surface area (Å²) in [5.41, 5.74) is 1.17. The van der Waals surface area contributed by atoms with Gasteiger partial charge in [-0.15, -0.1) is 0 Å². The number of hydrogen-bond acceptors (Lipinski definition) is 2. The van der Waals surface area contributed by atoms with Gasteiger partial charge >= 0.3 is 0 Å². The average Bonchev–Trinajstić information content (AvgIpc) is 2.39. The lowest BCUT2D eigenvalue weighted by Gasteiger charge is -2.19. The lowest BCUT2D eigenvalue weighted by Crippen LogP contribution is -2.34. The van der Waals surface area contributed by atoms with E-state index in [1.54, 1.807) is 6.07 Å². The van der Waals surface area contributed by atoms with Crippen LogP contribution in [0.5, 0.6) is 0 Å². The third kappa shape index (κ3) is 6.77. The maximum atomic E-state index is 13.1. The minimum absolute atomic E-state index is 0.186. The van der Waals surface area contributed by atoms with Crippen LogP contribution in [0.1, 0.15) is 32.3 Å². The number of thioether (sulfide) groups is 1. The Labute approximate surface area is 128 Å². The zero-order valence-electron chi connectivity index (χ0n) is 11.7. The van der Waals surface area contributed by atoms with Gasteiger partial charge in [0.2, 0.25) is 0 Å². The highest BCUT2D eigenvalue weighted by molar-refractivity contribution is 9.10. The predicted octanol–water partition coefficient (Wildman–Crippen LogP) is 4.64. The van der Waals surface area contributed by atoms with Crippen molar-refractivity contribution >= 4 is 27.7 Å². The molecule has 1 nitrogen and oxygen atoms in total. The van der Waals surface area contributed by atoms with E-state index in [4.69, 9.17) is 0 Å². The molecule has 1 aromatic carbocycles. The fourth-order valence-electron chi connectivity index (χ4n) is 1.86. The van der Waals surface area contributed by atoms with Crippen LogP contribution >= 0.6 is 27.7 Å². The number of rotatable bonds is 9. The van der Waals surface area contributed by atoms with Crippen LogP contribution in [-0.4, -0.2) is 24.1 Å². The van der Waals surface area contributed by atoms with Crippen molar-refractivity contribution in [1.29, 1.82) is 0 Å². The molecule has 1 unspecified atom stereocenters. The molecule has 0 saturated carbocycles. The Morgan fingerprint density at radius 3 is 2.74 bits per heavy atom. The molecule has 0 radical (unpaired) electrons. The van der Waals surface area contributed by atoms with E-state index in [0.29, 0.717) is 6.04 Å². The highest BCUT2D eigenvalue weighted by Gasteiger charge is 2.11. The standard InChI is InChI=1S/C15H23BrFNS/c1-3-7-18-14(11-19-8-4-2)9-12-5-6-13(17)10-15(12)16/h5-6,10,14,18H,3-4,7-9,11H2,1-2H3. The van der Waals surface area contributed by atoms with Gasteiger partial charge in [0.15, 0.2) is 0 Å². The second kappa shape index (κ2) is 9.78. The molecule has 4 heteroatoms. The van der Waals surface area contributed by atoms with Crippen LogP contribution in [0.4, 0.5) is 4.39 Å². The third-order valence-corrected chi connectivity index (χ3v) is 4.91. The average molecular weight is 348 g/mol. The molecule has 1 rings (SSSR count). The van der Waals surface area contributed by atoms with Gasteiger partial charge in [-0.25, -0.2) is 4.39 Å². The number of benzene rings is 1. The summed E-state index contributed by atoms with van der Waals surface area (Å²) in [7, 11) is 0. The van der Waals surface area contributed by atoms with Crippen molar-refractivity contribution < 1.29 is 4.39 Å². The summed E-state index contributed by atoms with van der Waals surface area (Å²) in [5, 5.41) is 3.58. The lowest BCUT2D eigenvalue weighted by molar-refractivity contribution is 0.548. The molecule has 1 atom stereocenters. The van der Waals surface area contributed by atoms with Gasteiger partial charge in [0.25, 0.3) is 0 Å². The molecule has 1 aromatic rings. The normalized spacial score (nSPS) is 12.6. The second-order valence-corrected chi connectivity index (χ2v) is 6.67. The SMILES string of the molecule is CCCNC(CSCCC)Cc1ccc(F)cc1Br. The molecule has 0 aliphatic carbocycles. The molecule has 19 heavy (non-hydrogen) atoms. The summed E-state index contributed by atoms with van der Waals surface area (Å²) in [4.78, 5) is 0. The Morgan fingerprint density at radius 2 is 2.11 bits per heavy atom. The van der Waals surface area contributed by atoms with E-state index in [1.807, 2.05) is 17.8 Å². The largest absolute Gasteiger partial charge is 0.313 e. The minimum Gasteiger partial charge on any atom is -0.313 e. The first-order valence-corrected chi connectivity index (χ1v) is 8.87. The van der Waals surface area contributed by atoms with Gasteiger partial charge in [-0.2, -0.15) is 11.8 Å². The molecule has 0 aromatic heterocycles. The smallest absolute Gasteiger partial charge is 0.124 e. The van der Waals surface area contributed by atoms with Gasteiger partial charge in [0.05, 0.1) is 0 Å². The van der Waals surface area contributed by atoms with Gasteiger partial charge in [0.1, 0.15) is 5.82 Å². The summed E-state index contributed by atoms with van der Waals surface area (Å²) in [6.07, 6.45) is 3.29. The Kier molecular flexibility index (Phi) is 8.75. The zero-order valence-corrected chi connectivity index (χ0v) is 14.1. The molecular weight excluding hydrogens is 325 g/mol. The van der Waals surface area contributed by atoms with E-state index in [0.717, 1.165) is 29.6 Å². The molecule has 0 saturated heterocycles. The van der Waals surface area contributed by atoms with Gasteiger partial charge < -0.3 is 5.32 Å². The van der Waals surface area contributed by atoms with E-state index >= 15 is 0 Å². The first-order valence-electron chi connectivity index (χ1n) is 6.92. The van der Waals surface area contributed by atoms with Gasteiger partial charge in [-0.3, -0.25) is 0 Å². The van der Waals surface area contributed by atoms with Crippen LogP contribution in [-0.2, 0) is 6.42 Å². The van der Waals surface area contributed by atoms with Crippen LogP contribution in [0.2, 0.25) is 0 Å². The fourth-order valence-corrected chi connectivity index (χ4v) is 3.35. The Balaban J connectivity index is 2.58. The van der Waals surface area contributed by atoms with Crippen molar-refractivity contribution in [3.63, 3.8) is 0 Å². The maximum absolute atomic E-state index is 13.1. The van der Waals surface area contributed by atoms with Crippen LogP contribution in [0, 0.1) is 5.82 Å². The zero-order chi connectivity index (χ0) is 14.1. The van der Waals surface area contributed by atoms with Crippen molar-refractivity contribution in [3.8, 4) is 0 Å². The summed E-state index contributed by atoms with van der Waals surface area (Å²) in [6, 6.07) is 5.42. The second-order valence-electron chi connectivity index (χ2n) is 4.67. The summed E-state index contributed by atoms with van der Waals surface area (Å²) >= 11 is 5.44. The van der Waals surface area contributed by atoms with Crippen LogP contribution < -0.4 is 5.32 Å². The molecular formula is C15H23BrFNS. The van der Waals surface area contributed by atoms with Crippen molar-refractivity contribution in [2.24, 2.45) is 0 Å². The molecule has 0 aliphatic rings. The van der Waals surface area contributed by atoms with E-state index < -0.39 is 0 Å². The first kappa shape index (κ1) is 17.0. The van der Waals surface area contributed by atoms with Crippen molar-refractivity contribution in [2.45, 2.75) is 39.2 Å². The van der Waals surface area contributed by atoms with E-state index in [-0.39, 0.29) is 5.82 Å². The first-order chi connectivity index (χ1) is 9.17. The van der Waals surface area contributed by atoms with Gasteiger partial charge in [-0.1, -0.05) is 35.8 Å². The number of hydrogen-bond donors (Lipinski definition) is 1. The number of nitrogens with one attached hydrogen (secondary N) is 1. The van der Waals surface area contributed by atoms with Crippen molar-refractivity contribution in [1.82, 2.24) is 5.32 Å². The van der Waals surface area contributed by atoms with Crippen LogP contribution in [0.15, 0.2) is 22.7 Å². The highest BCUT2D eigenvalue weighted by Crippen LogP contribution is 2.20. The Hall–Kier alpha value is -0.0600. The Morgan fingerprint density at radius 1 is 1.32 bits per heavy atom. The Bertz CT molecular complexity index is 373. The van der Waals surface area contributed by atoms with E-state index in [2.05, 4.69) is 35.1 Å². The van der Waals surface area contributed by atoms with E-state index in [1.165, 1.54) is 23.8 Å². The third-order valence-electron chi connectivity index (χ3n) is 2.83.